The number of carboxylic acids is 1. The fraction of sp³-hybridized carbons (Fsp3) is 0.667. The first-order valence-corrected chi connectivity index (χ1v) is 8.11. The predicted octanol–water partition coefficient (Wildman–Crippen LogP) is 2.82. The van der Waals surface area contributed by atoms with Crippen LogP contribution < -0.4 is 0 Å². The molecule has 2 atom stereocenters. The van der Waals surface area contributed by atoms with E-state index in [-0.39, 0.29) is 11.3 Å². The first-order chi connectivity index (χ1) is 9.75. The van der Waals surface area contributed by atoms with Crippen LogP contribution in [0.5, 0.6) is 0 Å². The summed E-state index contributed by atoms with van der Waals surface area (Å²) in [7, 11) is 0. The van der Waals surface area contributed by atoms with E-state index in [1.807, 2.05) is 12.3 Å². The maximum absolute atomic E-state index is 12.1. The molecule has 5 nitrogen and oxygen atoms in total. The molecule has 1 amide bonds. The Morgan fingerprint density at radius 1 is 1.52 bits per heavy atom. The number of thiazole rings is 1. The number of amides is 1. The van der Waals surface area contributed by atoms with Crippen LogP contribution in [0.4, 0.5) is 0 Å². The Bertz CT molecular complexity index is 545. The van der Waals surface area contributed by atoms with Gasteiger partial charge in [-0.15, -0.1) is 11.3 Å². The van der Waals surface area contributed by atoms with E-state index in [4.69, 9.17) is 0 Å². The van der Waals surface area contributed by atoms with Crippen LogP contribution in [0.15, 0.2) is 5.38 Å². The quantitative estimate of drug-likeness (QED) is 0.932. The second kappa shape index (κ2) is 5.75. The van der Waals surface area contributed by atoms with Gasteiger partial charge in [0.15, 0.2) is 0 Å². The van der Waals surface area contributed by atoms with Crippen LogP contribution in [0.25, 0.3) is 0 Å². The van der Waals surface area contributed by atoms with Gasteiger partial charge < -0.3 is 10.0 Å². The molecule has 2 unspecified atom stereocenters. The van der Waals surface area contributed by atoms with Crippen LogP contribution in [0.1, 0.15) is 57.3 Å². The predicted molar refractivity (Wildman–Crippen MR) is 81.3 cm³/mol. The lowest BCUT2D eigenvalue weighted by Crippen LogP contribution is -2.45. The van der Waals surface area contributed by atoms with Gasteiger partial charge in [0, 0.05) is 23.8 Å². The molecule has 1 fully saturated rings. The molecule has 0 spiro atoms. The van der Waals surface area contributed by atoms with Crippen LogP contribution in [-0.4, -0.2) is 33.4 Å². The van der Waals surface area contributed by atoms with Gasteiger partial charge >= 0.3 is 5.97 Å². The van der Waals surface area contributed by atoms with Gasteiger partial charge in [0.05, 0.1) is 22.7 Å². The topological polar surface area (TPSA) is 70.5 Å². The Morgan fingerprint density at radius 2 is 2.19 bits per heavy atom. The van der Waals surface area contributed by atoms with E-state index in [1.54, 1.807) is 4.90 Å². The van der Waals surface area contributed by atoms with Crippen LogP contribution in [0.2, 0.25) is 0 Å². The third-order valence-corrected chi connectivity index (χ3v) is 5.12. The number of carbonyl (C=O) groups excluding carboxylic acids is 1. The highest BCUT2D eigenvalue weighted by atomic mass is 32.1. The average molecular weight is 310 g/mol. The van der Waals surface area contributed by atoms with Crippen molar-refractivity contribution >= 4 is 23.2 Å². The number of likely N-dealkylation sites (tertiary alicyclic amines) is 1. The molecular formula is C15H22N2O3S. The highest BCUT2D eigenvalue weighted by Crippen LogP contribution is 2.38. The van der Waals surface area contributed by atoms with Crippen molar-refractivity contribution in [2.45, 2.75) is 52.0 Å². The molecule has 0 aliphatic carbocycles. The first-order valence-electron chi connectivity index (χ1n) is 7.24. The first kappa shape index (κ1) is 15.9. The van der Waals surface area contributed by atoms with E-state index < -0.39 is 17.9 Å². The normalized spacial score (nSPS) is 23.4. The Balaban J connectivity index is 2.41. The van der Waals surface area contributed by atoms with Crippen molar-refractivity contribution in [1.29, 1.82) is 0 Å². The van der Waals surface area contributed by atoms with Crippen molar-refractivity contribution in [3.05, 3.63) is 16.1 Å². The molecule has 2 rings (SSSR count). The van der Waals surface area contributed by atoms with Gasteiger partial charge in [0.2, 0.25) is 5.91 Å². The minimum Gasteiger partial charge on any atom is -0.481 e. The monoisotopic (exact) mass is 310 g/mol. The number of aromatic nitrogens is 1. The molecule has 2 heterocycles. The summed E-state index contributed by atoms with van der Waals surface area (Å²) in [6.07, 6.45) is 0.690. The summed E-state index contributed by atoms with van der Waals surface area (Å²) in [5, 5.41) is 12.3. The molecule has 1 N–H and O–H groups in total. The third kappa shape index (κ3) is 3.10. The van der Waals surface area contributed by atoms with Crippen molar-refractivity contribution in [2.24, 2.45) is 5.92 Å². The summed E-state index contributed by atoms with van der Waals surface area (Å²) in [6, 6.07) is -0.443. The molecule has 1 saturated heterocycles. The molecule has 1 aliphatic rings. The zero-order valence-corrected chi connectivity index (χ0v) is 13.7. The maximum atomic E-state index is 12.1. The van der Waals surface area contributed by atoms with Crippen LogP contribution >= 0.6 is 11.3 Å². The van der Waals surface area contributed by atoms with Gasteiger partial charge in [-0.25, -0.2) is 4.98 Å². The summed E-state index contributed by atoms with van der Waals surface area (Å²) in [4.78, 5) is 29.9. The Morgan fingerprint density at radius 3 is 2.67 bits per heavy atom. The van der Waals surface area contributed by atoms with Gasteiger partial charge in [0.1, 0.15) is 0 Å². The van der Waals surface area contributed by atoms with Gasteiger partial charge in [-0.1, -0.05) is 20.8 Å². The third-order valence-electron chi connectivity index (χ3n) is 3.83. The van der Waals surface area contributed by atoms with Crippen molar-refractivity contribution in [3.63, 3.8) is 0 Å². The minimum absolute atomic E-state index is 0.0188. The molecule has 1 aromatic rings. The fourth-order valence-corrected chi connectivity index (χ4v) is 3.65. The molecular weight excluding hydrogens is 288 g/mol. The number of carbonyl (C=O) groups is 2. The number of piperidine rings is 1. The van der Waals surface area contributed by atoms with E-state index in [9.17, 15) is 14.7 Å². The molecule has 0 radical (unpaired) electrons. The van der Waals surface area contributed by atoms with E-state index in [2.05, 4.69) is 25.8 Å². The van der Waals surface area contributed by atoms with Crippen molar-refractivity contribution in [3.8, 4) is 0 Å². The van der Waals surface area contributed by atoms with Gasteiger partial charge in [-0.2, -0.15) is 0 Å². The van der Waals surface area contributed by atoms with Gasteiger partial charge in [-0.3, -0.25) is 9.59 Å². The summed E-state index contributed by atoms with van der Waals surface area (Å²) in [5.41, 5.74) is 0.643. The smallest absolute Gasteiger partial charge is 0.309 e. The molecule has 21 heavy (non-hydrogen) atoms. The van der Waals surface area contributed by atoms with Crippen molar-refractivity contribution in [2.75, 3.05) is 6.54 Å². The Kier molecular flexibility index (Phi) is 4.37. The standard InChI is InChI=1S/C15H22N2O3S/c1-5-17-11(18)7-6-9(13(19)20)12(17)10-8-21-14(16-10)15(2,3)4/h8-9,12H,5-7H2,1-4H3,(H,19,20). The van der Waals surface area contributed by atoms with Gasteiger partial charge in [-0.05, 0) is 13.3 Å². The number of carboxylic acid groups (broad SMARTS) is 1. The minimum atomic E-state index is -0.851. The summed E-state index contributed by atoms with van der Waals surface area (Å²) in [5.74, 6) is -1.40. The molecule has 6 heteroatoms. The molecule has 0 saturated carbocycles. The number of aliphatic carboxylic acids is 1. The highest BCUT2D eigenvalue weighted by Gasteiger charge is 2.41. The molecule has 1 aromatic heterocycles. The Hall–Kier alpha value is -1.43. The largest absolute Gasteiger partial charge is 0.481 e. The summed E-state index contributed by atoms with van der Waals surface area (Å²) in [6.45, 7) is 8.62. The lowest BCUT2D eigenvalue weighted by Gasteiger charge is -2.38. The van der Waals surface area contributed by atoms with E-state index in [0.29, 0.717) is 25.1 Å². The zero-order chi connectivity index (χ0) is 15.8. The SMILES string of the molecule is CCN1C(=O)CCC(C(=O)O)C1c1csc(C(C)(C)C)n1. The second-order valence-electron chi connectivity index (χ2n) is 6.44. The van der Waals surface area contributed by atoms with Crippen molar-refractivity contribution < 1.29 is 14.7 Å². The molecule has 1 aliphatic heterocycles. The summed E-state index contributed by atoms with van der Waals surface area (Å²) < 4.78 is 0. The van der Waals surface area contributed by atoms with E-state index in [1.165, 1.54) is 11.3 Å². The van der Waals surface area contributed by atoms with E-state index in [0.717, 1.165) is 5.01 Å². The van der Waals surface area contributed by atoms with Crippen LogP contribution in [-0.2, 0) is 15.0 Å². The number of rotatable bonds is 3. The zero-order valence-electron chi connectivity index (χ0n) is 12.9. The lowest BCUT2D eigenvalue weighted by atomic mass is 9.87. The highest BCUT2D eigenvalue weighted by molar-refractivity contribution is 7.09. The molecule has 0 bridgehead atoms. The summed E-state index contributed by atoms with van der Waals surface area (Å²) >= 11 is 1.54. The lowest BCUT2D eigenvalue weighted by molar-refractivity contribution is -0.152. The van der Waals surface area contributed by atoms with E-state index >= 15 is 0 Å². The number of nitrogens with zero attached hydrogens (tertiary/aromatic N) is 2. The number of hydrogen-bond acceptors (Lipinski definition) is 4. The van der Waals surface area contributed by atoms with Crippen molar-refractivity contribution in [1.82, 2.24) is 9.88 Å². The molecule has 116 valence electrons. The van der Waals surface area contributed by atoms with Crippen LogP contribution in [0, 0.1) is 5.92 Å². The fourth-order valence-electron chi connectivity index (χ4n) is 2.72. The second-order valence-corrected chi connectivity index (χ2v) is 7.29. The van der Waals surface area contributed by atoms with Gasteiger partial charge in [0.25, 0.3) is 0 Å². The Labute approximate surface area is 129 Å². The molecule has 0 aromatic carbocycles. The maximum Gasteiger partial charge on any atom is 0.309 e. The van der Waals surface area contributed by atoms with Crippen LogP contribution in [0.3, 0.4) is 0 Å². The number of hydrogen-bond donors (Lipinski definition) is 1. The average Bonchev–Trinajstić information content (AvgIpc) is 2.86.